The van der Waals surface area contributed by atoms with Crippen LogP contribution in [0.2, 0.25) is 0 Å². The molecular weight excluding hydrogens is 518 g/mol. The molecule has 0 radical (unpaired) electrons. The number of rotatable bonds is 5. The number of para-hydroxylation sites is 1. The summed E-state index contributed by atoms with van der Waals surface area (Å²) in [6, 6.07) is 17.2. The molecule has 0 saturated heterocycles. The van der Waals surface area contributed by atoms with E-state index in [2.05, 4.69) is 5.10 Å². The third kappa shape index (κ3) is 5.27. The van der Waals surface area contributed by atoms with E-state index in [9.17, 15) is 34.8 Å². The summed E-state index contributed by atoms with van der Waals surface area (Å²) in [5, 5.41) is 2.83. The van der Waals surface area contributed by atoms with Gasteiger partial charge in [0.15, 0.2) is 15.5 Å². The standard InChI is InChI=1S/C26H20F6N2O2S/c1-16(2)37(35,36)20-7-5-6-19(14-20)17-10-12-18(13-11-17)23-15-24(26(30,31)32)33-34(23)22-9-4-3-8-21(22)25(27,28)29/h3-16H,1-2H3. The molecule has 1 aromatic heterocycles. The van der Waals surface area contributed by atoms with Crippen molar-refractivity contribution in [1.29, 1.82) is 0 Å². The molecule has 0 unspecified atom stereocenters. The molecular formula is C26H20F6N2O2S. The van der Waals surface area contributed by atoms with Gasteiger partial charge < -0.3 is 0 Å². The summed E-state index contributed by atoms with van der Waals surface area (Å²) in [6.45, 7) is 3.12. The molecule has 4 nitrogen and oxygen atoms in total. The van der Waals surface area contributed by atoms with E-state index in [1.54, 1.807) is 38.1 Å². The molecule has 0 fully saturated rings. The highest BCUT2D eigenvalue weighted by atomic mass is 32.2. The molecule has 3 aromatic carbocycles. The predicted molar refractivity (Wildman–Crippen MR) is 127 cm³/mol. The Labute approximate surface area is 209 Å². The second-order valence-corrected chi connectivity index (χ2v) is 11.0. The Kier molecular flexibility index (Phi) is 6.70. The minimum absolute atomic E-state index is 0.126. The maximum absolute atomic E-state index is 13.6. The lowest BCUT2D eigenvalue weighted by Crippen LogP contribution is -2.13. The van der Waals surface area contributed by atoms with Gasteiger partial charge in [-0.1, -0.05) is 48.5 Å². The van der Waals surface area contributed by atoms with Gasteiger partial charge in [-0.2, -0.15) is 31.4 Å². The van der Waals surface area contributed by atoms with Crippen molar-refractivity contribution in [3.63, 3.8) is 0 Å². The van der Waals surface area contributed by atoms with Crippen LogP contribution in [0.5, 0.6) is 0 Å². The summed E-state index contributed by atoms with van der Waals surface area (Å²) < 4.78 is 107. The zero-order chi connectivity index (χ0) is 27.2. The number of aromatic nitrogens is 2. The molecule has 0 bridgehead atoms. The smallest absolute Gasteiger partial charge is 0.232 e. The van der Waals surface area contributed by atoms with Gasteiger partial charge in [-0.15, -0.1) is 0 Å². The van der Waals surface area contributed by atoms with E-state index in [-0.39, 0.29) is 16.2 Å². The Morgan fingerprint density at radius 3 is 1.95 bits per heavy atom. The second kappa shape index (κ2) is 9.37. The van der Waals surface area contributed by atoms with Crippen LogP contribution in [0.3, 0.4) is 0 Å². The molecule has 4 aromatic rings. The SMILES string of the molecule is CC(C)S(=O)(=O)c1cccc(-c2ccc(-c3cc(C(F)(F)F)nn3-c3ccccc3C(F)(F)F)cc2)c1. The fraction of sp³-hybridized carbons (Fsp3) is 0.192. The molecule has 4 rings (SSSR count). The topological polar surface area (TPSA) is 52.0 Å². The highest BCUT2D eigenvalue weighted by Crippen LogP contribution is 2.38. The molecule has 0 saturated carbocycles. The number of nitrogens with zero attached hydrogens (tertiary/aromatic N) is 2. The van der Waals surface area contributed by atoms with Crippen molar-refractivity contribution in [2.24, 2.45) is 0 Å². The van der Waals surface area contributed by atoms with E-state index in [1.807, 2.05) is 0 Å². The maximum atomic E-state index is 13.6. The van der Waals surface area contributed by atoms with Gasteiger partial charge in [0.2, 0.25) is 0 Å². The van der Waals surface area contributed by atoms with E-state index >= 15 is 0 Å². The van der Waals surface area contributed by atoms with E-state index in [0.717, 1.165) is 18.2 Å². The van der Waals surface area contributed by atoms with Gasteiger partial charge >= 0.3 is 12.4 Å². The highest BCUT2D eigenvalue weighted by Gasteiger charge is 2.38. The molecule has 0 aliphatic heterocycles. The minimum atomic E-state index is -4.88. The van der Waals surface area contributed by atoms with Gasteiger partial charge in [-0.25, -0.2) is 13.1 Å². The molecule has 0 aliphatic carbocycles. The number of hydrogen-bond acceptors (Lipinski definition) is 3. The lowest BCUT2D eigenvalue weighted by atomic mass is 10.0. The van der Waals surface area contributed by atoms with Crippen molar-refractivity contribution in [2.45, 2.75) is 36.3 Å². The summed E-state index contributed by atoms with van der Waals surface area (Å²) in [5.41, 5.74) is -1.89. The molecule has 194 valence electrons. The van der Waals surface area contributed by atoms with Gasteiger partial charge in [-0.05, 0) is 55.3 Å². The van der Waals surface area contributed by atoms with E-state index in [4.69, 9.17) is 0 Å². The van der Waals surface area contributed by atoms with Crippen molar-refractivity contribution in [3.8, 4) is 28.1 Å². The first-order valence-corrected chi connectivity index (χ1v) is 12.5. The monoisotopic (exact) mass is 538 g/mol. The van der Waals surface area contributed by atoms with E-state index in [1.165, 1.54) is 30.3 Å². The first-order chi connectivity index (χ1) is 17.2. The number of alkyl halides is 6. The van der Waals surface area contributed by atoms with Crippen LogP contribution in [-0.4, -0.2) is 23.4 Å². The lowest BCUT2D eigenvalue weighted by Gasteiger charge is -2.15. The Hall–Kier alpha value is -3.60. The molecule has 0 atom stereocenters. The lowest BCUT2D eigenvalue weighted by molar-refractivity contribution is -0.141. The molecule has 0 N–H and O–H groups in total. The Morgan fingerprint density at radius 1 is 0.730 bits per heavy atom. The summed E-state index contributed by atoms with van der Waals surface area (Å²) >= 11 is 0. The summed E-state index contributed by atoms with van der Waals surface area (Å²) in [5.74, 6) is 0. The second-order valence-electron chi connectivity index (χ2n) is 8.54. The van der Waals surface area contributed by atoms with Gasteiger partial charge in [0.25, 0.3) is 0 Å². The summed E-state index contributed by atoms with van der Waals surface area (Å²) in [4.78, 5) is 0.126. The normalized spacial score (nSPS) is 12.8. The first kappa shape index (κ1) is 26.5. The Bertz CT molecular complexity index is 1540. The first-order valence-electron chi connectivity index (χ1n) is 11.0. The average Bonchev–Trinajstić information content (AvgIpc) is 3.30. The maximum Gasteiger partial charge on any atom is 0.435 e. The van der Waals surface area contributed by atoms with Gasteiger partial charge in [-0.3, -0.25) is 0 Å². The van der Waals surface area contributed by atoms with Crippen LogP contribution >= 0.6 is 0 Å². The van der Waals surface area contributed by atoms with Crippen LogP contribution in [-0.2, 0) is 22.2 Å². The number of benzene rings is 3. The summed E-state index contributed by atoms with van der Waals surface area (Å²) in [7, 11) is -3.53. The molecule has 37 heavy (non-hydrogen) atoms. The number of sulfone groups is 1. The Morgan fingerprint density at radius 2 is 1.35 bits per heavy atom. The highest BCUT2D eigenvalue weighted by molar-refractivity contribution is 7.92. The van der Waals surface area contributed by atoms with Crippen LogP contribution in [0.1, 0.15) is 25.1 Å². The van der Waals surface area contributed by atoms with Gasteiger partial charge in [0, 0.05) is 5.56 Å². The number of halogens is 6. The quantitative estimate of drug-likeness (QED) is 0.249. The summed E-state index contributed by atoms with van der Waals surface area (Å²) in [6.07, 6.45) is -9.70. The van der Waals surface area contributed by atoms with Crippen molar-refractivity contribution in [1.82, 2.24) is 9.78 Å². The van der Waals surface area contributed by atoms with Crippen LogP contribution in [0.15, 0.2) is 83.8 Å². The third-order valence-electron chi connectivity index (χ3n) is 5.73. The zero-order valence-electron chi connectivity index (χ0n) is 19.5. The van der Waals surface area contributed by atoms with Crippen molar-refractivity contribution in [2.75, 3.05) is 0 Å². The average molecular weight is 539 g/mol. The van der Waals surface area contributed by atoms with Crippen molar-refractivity contribution in [3.05, 3.63) is 90.1 Å². The molecule has 0 aliphatic rings. The van der Waals surface area contributed by atoms with E-state index < -0.39 is 44.4 Å². The fourth-order valence-corrected chi connectivity index (χ4v) is 4.87. The predicted octanol–water partition coefficient (Wildman–Crippen LogP) is 7.43. The molecule has 11 heteroatoms. The zero-order valence-corrected chi connectivity index (χ0v) is 20.3. The molecule has 0 amide bonds. The molecule has 1 heterocycles. The van der Waals surface area contributed by atoms with Crippen molar-refractivity contribution >= 4 is 9.84 Å². The largest absolute Gasteiger partial charge is 0.435 e. The van der Waals surface area contributed by atoms with E-state index in [0.29, 0.717) is 21.9 Å². The van der Waals surface area contributed by atoms with Crippen molar-refractivity contribution < 1.29 is 34.8 Å². The van der Waals surface area contributed by atoms with Crippen LogP contribution in [0.4, 0.5) is 26.3 Å². The van der Waals surface area contributed by atoms with Gasteiger partial charge in [0.05, 0.1) is 27.1 Å². The number of hydrogen-bond donors (Lipinski definition) is 0. The van der Waals surface area contributed by atoms with Crippen LogP contribution in [0.25, 0.3) is 28.1 Å². The van der Waals surface area contributed by atoms with Crippen LogP contribution < -0.4 is 0 Å². The van der Waals surface area contributed by atoms with Gasteiger partial charge in [0.1, 0.15) is 0 Å². The third-order valence-corrected chi connectivity index (χ3v) is 7.89. The minimum Gasteiger partial charge on any atom is -0.232 e. The fourth-order valence-electron chi connectivity index (χ4n) is 3.77. The molecule has 0 spiro atoms. The van der Waals surface area contributed by atoms with Crippen LogP contribution in [0, 0.1) is 0 Å². The Balaban J connectivity index is 1.82.